The zero-order valence-electron chi connectivity index (χ0n) is 14.8. The Kier molecular flexibility index (Phi) is 6.48. The van der Waals surface area contributed by atoms with E-state index in [-0.39, 0.29) is 24.6 Å². The summed E-state index contributed by atoms with van der Waals surface area (Å²) in [7, 11) is 0. The third-order valence-electron chi connectivity index (χ3n) is 3.26. The van der Waals surface area contributed by atoms with Gasteiger partial charge in [0.05, 0.1) is 24.6 Å². The van der Waals surface area contributed by atoms with Crippen molar-refractivity contribution >= 4 is 17.8 Å². The molecular formula is C18H20FN3O4. The Hall–Kier alpha value is -3.16. The molecule has 0 bridgehead atoms. The van der Waals surface area contributed by atoms with Crippen LogP contribution in [-0.4, -0.2) is 34.9 Å². The second kappa shape index (κ2) is 8.80. The Labute approximate surface area is 150 Å². The van der Waals surface area contributed by atoms with Crippen molar-refractivity contribution in [3.63, 3.8) is 0 Å². The predicted molar refractivity (Wildman–Crippen MR) is 93.2 cm³/mol. The minimum Gasteiger partial charge on any atom is -0.462 e. The smallest absolute Gasteiger partial charge is 0.347 e. The van der Waals surface area contributed by atoms with Crippen LogP contribution in [0, 0.1) is 12.7 Å². The van der Waals surface area contributed by atoms with Gasteiger partial charge in [-0.15, -0.1) is 0 Å². The lowest BCUT2D eigenvalue weighted by Crippen LogP contribution is -2.19. The molecule has 0 spiro atoms. The molecule has 0 radical (unpaired) electrons. The van der Waals surface area contributed by atoms with Crippen LogP contribution in [0.2, 0.25) is 0 Å². The minimum atomic E-state index is -0.789. The van der Waals surface area contributed by atoms with Gasteiger partial charge >= 0.3 is 11.9 Å². The van der Waals surface area contributed by atoms with Crippen LogP contribution in [0.4, 0.5) is 10.2 Å². The van der Waals surface area contributed by atoms with E-state index in [9.17, 15) is 14.0 Å². The fourth-order valence-electron chi connectivity index (χ4n) is 2.15. The van der Waals surface area contributed by atoms with Gasteiger partial charge in [-0.2, -0.15) is 5.10 Å². The van der Waals surface area contributed by atoms with Gasteiger partial charge in [0.1, 0.15) is 11.6 Å². The van der Waals surface area contributed by atoms with Crippen LogP contribution in [0.3, 0.4) is 0 Å². The molecule has 0 saturated carbocycles. The first-order valence-corrected chi connectivity index (χ1v) is 8.09. The number of ether oxygens (including phenoxy) is 2. The highest BCUT2D eigenvalue weighted by atomic mass is 19.1. The molecule has 0 unspecified atom stereocenters. The van der Waals surface area contributed by atoms with Gasteiger partial charge in [-0.05, 0) is 45.0 Å². The summed E-state index contributed by atoms with van der Waals surface area (Å²) in [5, 5.41) is 7.19. The zero-order valence-corrected chi connectivity index (χ0v) is 14.8. The normalized spacial score (nSPS) is 10.2. The SMILES string of the molecule is CCOC(=O)C(=CNc1cc(C)nn1-c1ccc(F)cc1)C(=O)OCC. The fourth-order valence-corrected chi connectivity index (χ4v) is 2.15. The topological polar surface area (TPSA) is 82.5 Å². The van der Waals surface area contributed by atoms with Gasteiger partial charge < -0.3 is 14.8 Å². The minimum absolute atomic E-state index is 0.127. The van der Waals surface area contributed by atoms with Gasteiger partial charge in [0, 0.05) is 12.3 Å². The average Bonchev–Trinajstić information content (AvgIpc) is 2.97. The molecular weight excluding hydrogens is 341 g/mol. The molecule has 0 atom stereocenters. The maximum atomic E-state index is 13.1. The zero-order chi connectivity index (χ0) is 19.1. The summed E-state index contributed by atoms with van der Waals surface area (Å²) in [6.07, 6.45) is 1.21. The van der Waals surface area contributed by atoms with Crippen molar-refractivity contribution in [2.45, 2.75) is 20.8 Å². The number of aryl methyl sites for hydroxylation is 1. The summed E-state index contributed by atoms with van der Waals surface area (Å²) in [5.41, 5.74) is 1.04. The lowest BCUT2D eigenvalue weighted by Gasteiger charge is -2.09. The molecule has 1 aromatic heterocycles. The number of hydrogen-bond donors (Lipinski definition) is 1. The van der Waals surface area contributed by atoms with Gasteiger partial charge in [-0.1, -0.05) is 0 Å². The molecule has 2 rings (SSSR count). The van der Waals surface area contributed by atoms with E-state index < -0.39 is 11.9 Å². The molecule has 1 N–H and O–H groups in total. The summed E-state index contributed by atoms with van der Waals surface area (Å²) in [5.74, 6) is -1.45. The van der Waals surface area contributed by atoms with Crippen LogP contribution in [0.25, 0.3) is 5.69 Å². The molecule has 7 nitrogen and oxygen atoms in total. The number of halogens is 1. The largest absolute Gasteiger partial charge is 0.462 e. The number of anilines is 1. The number of benzene rings is 1. The molecule has 0 saturated heterocycles. The van der Waals surface area contributed by atoms with Crippen molar-refractivity contribution < 1.29 is 23.5 Å². The maximum Gasteiger partial charge on any atom is 0.347 e. The van der Waals surface area contributed by atoms with E-state index in [1.807, 2.05) is 0 Å². The molecule has 1 heterocycles. The van der Waals surface area contributed by atoms with E-state index in [4.69, 9.17) is 9.47 Å². The third kappa shape index (κ3) is 4.69. The monoisotopic (exact) mass is 361 g/mol. The molecule has 2 aromatic rings. The number of nitrogens with zero attached hydrogens (tertiary/aromatic N) is 2. The number of esters is 2. The summed E-state index contributed by atoms with van der Waals surface area (Å²) in [6.45, 7) is 5.32. The number of carbonyl (C=O) groups is 2. The van der Waals surface area contributed by atoms with Gasteiger partial charge in [0.2, 0.25) is 0 Å². The first kappa shape index (κ1) is 19.2. The summed E-state index contributed by atoms with van der Waals surface area (Å²) >= 11 is 0. The standard InChI is InChI=1S/C18H20FN3O4/c1-4-25-17(23)15(18(24)26-5-2)11-20-16-10-12(3)21-22(16)14-8-6-13(19)7-9-14/h6-11,20H,4-5H2,1-3H3. The van der Waals surface area contributed by atoms with E-state index in [0.29, 0.717) is 17.2 Å². The van der Waals surface area contributed by atoms with E-state index >= 15 is 0 Å². The number of nitrogens with one attached hydrogen (secondary N) is 1. The van der Waals surface area contributed by atoms with Crippen LogP contribution in [0.15, 0.2) is 42.1 Å². The number of rotatable bonds is 7. The van der Waals surface area contributed by atoms with Crippen LogP contribution >= 0.6 is 0 Å². The number of hydrogen-bond acceptors (Lipinski definition) is 6. The van der Waals surface area contributed by atoms with Crippen molar-refractivity contribution in [1.82, 2.24) is 9.78 Å². The van der Waals surface area contributed by atoms with Gasteiger partial charge in [0.25, 0.3) is 0 Å². The summed E-state index contributed by atoms with van der Waals surface area (Å²) in [6, 6.07) is 7.47. The first-order valence-electron chi connectivity index (χ1n) is 8.09. The molecule has 0 amide bonds. The highest BCUT2D eigenvalue weighted by Crippen LogP contribution is 2.18. The van der Waals surface area contributed by atoms with Crippen LogP contribution in [0.1, 0.15) is 19.5 Å². The molecule has 26 heavy (non-hydrogen) atoms. The van der Waals surface area contributed by atoms with Crippen LogP contribution in [-0.2, 0) is 19.1 Å². The van der Waals surface area contributed by atoms with Gasteiger partial charge in [-0.25, -0.2) is 18.7 Å². The second-order valence-electron chi connectivity index (χ2n) is 5.20. The molecule has 0 aliphatic rings. The van der Waals surface area contributed by atoms with Crippen molar-refractivity contribution in [2.24, 2.45) is 0 Å². The molecule has 0 aliphatic carbocycles. The van der Waals surface area contributed by atoms with Crippen molar-refractivity contribution in [3.8, 4) is 5.69 Å². The van der Waals surface area contributed by atoms with Gasteiger partial charge in [-0.3, -0.25) is 0 Å². The molecule has 1 aromatic carbocycles. The predicted octanol–water partition coefficient (Wildman–Crippen LogP) is 2.74. The number of aromatic nitrogens is 2. The van der Waals surface area contributed by atoms with Crippen LogP contribution in [0.5, 0.6) is 0 Å². The Bertz CT molecular complexity index is 792. The van der Waals surface area contributed by atoms with Crippen LogP contribution < -0.4 is 5.32 Å². The summed E-state index contributed by atoms with van der Waals surface area (Å²) < 4.78 is 24.4. The Morgan fingerprint density at radius 1 is 1.15 bits per heavy atom. The molecule has 0 fully saturated rings. The third-order valence-corrected chi connectivity index (χ3v) is 3.26. The molecule has 0 aliphatic heterocycles. The number of carbonyl (C=O) groups excluding carboxylic acids is 2. The molecule has 8 heteroatoms. The average molecular weight is 361 g/mol. The Morgan fingerprint density at radius 2 is 1.73 bits per heavy atom. The van der Waals surface area contributed by atoms with Gasteiger partial charge in [0.15, 0.2) is 5.57 Å². The van der Waals surface area contributed by atoms with E-state index in [1.54, 1.807) is 39.0 Å². The molecule has 138 valence electrons. The van der Waals surface area contributed by atoms with Crippen molar-refractivity contribution in [1.29, 1.82) is 0 Å². The highest BCUT2D eigenvalue weighted by Gasteiger charge is 2.21. The summed E-state index contributed by atoms with van der Waals surface area (Å²) in [4.78, 5) is 24.0. The van der Waals surface area contributed by atoms with Crippen molar-refractivity contribution in [3.05, 3.63) is 53.6 Å². The maximum absolute atomic E-state index is 13.1. The van der Waals surface area contributed by atoms with E-state index in [1.165, 1.54) is 23.0 Å². The fraction of sp³-hybridized carbons (Fsp3) is 0.278. The van der Waals surface area contributed by atoms with E-state index in [2.05, 4.69) is 10.4 Å². The first-order chi connectivity index (χ1) is 12.5. The van der Waals surface area contributed by atoms with Crippen molar-refractivity contribution in [2.75, 3.05) is 18.5 Å². The Balaban J connectivity index is 2.33. The second-order valence-corrected chi connectivity index (χ2v) is 5.20. The lowest BCUT2D eigenvalue weighted by molar-refractivity contribution is -0.146. The lowest BCUT2D eigenvalue weighted by atomic mass is 10.3. The quantitative estimate of drug-likeness (QED) is 0.353. The Morgan fingerprint density at radius 3 is 2.27 bits per heavy atom. The van der Waals surface area contributed by atoms with E-state index in [0.717, 1.165) is 0 Å². The highest BCUT2D eigenvalue weighted by molar-refractivity contribution is 6.14.